The van der Waals surface area contributed by atoms with Gasteiger partial charge < -0.3 is 10.4 Å². The van der Waals surface area contributed by atoms with Gasteiger partial charge in [-0.2, -0.15) is 0 Å². The molecule has 0 atom stereocenters. The lowest BCUT2D eigenvalue weighted by molar-refractivity contribution is 0.0697. The molecular weight excluding hydrogens is 266 g/mol. The molecule has 0 spiro atoms. The van der Waals surface area contributed by atoms with Crippen LogP contribution in [0.1, 0.15) is 15.9 Å². The summed E-state index contributed by atoms with van der Waals surface area (Å²) >= 11 is 5.77. The number of nitrogens with one attached hydrogen (secondary N) is 1. The lowest BCUT2D eigenvalue weighted by atomic mass is 10.2. The summed E-state index contributed by atoms with van der Waals surface area (Å²) in [5.41, 5.74) is 1.22. The fourth-order valence-electron chi connectivity index (χ4n) is 1.62. The third kappa shape index (κ3) is 3.66. The number of rotatable bonds is 5. The molecule has 0 unspecified atom stereocenters. The largest absolute Gasteiger partial charge is 0.478 e. The molecule has 0 aliphatic rings. The molecule has 0 amide bonds. The predicted molar refractivity (Wildman–Crippen MR) is 72.6 cm³/mol. The Balaban J connectivity index is 2.03. The van der Waals surface area contributed by atoms with Crippen molar-refractivity contribution in [2.75, 3.05) is 11.9 Å². The van der Waals surface area contributed by atoms with Gasteiger partial charge in [0.25, 0.3) is 0 Å². The summed E-state index contributed by atoms with van der Waals surface area (Å²) in [5, 5.41) is 12.3. The number of halogens is 1. The van der Waals surface area contributed by atoms with Crippen molar-refractivity contribution in [1.82, 2.24) is 9.97 Å². The van der Waals surface area contributed by atoms with Crippen molar-refractivity contribution in [3.05, 3.63) is 52.9 Å². The van der Waals surface area contributed by atoms with E-state index in [4.69, 9.17) is 16.7 Å². The molecule has 0 aliphatic carbocycles. The van der Waals surface area contributed by atoms with E-state index in [1.54, 1.807) is 12.4 Å². The van der Waals surface area contributed by atoms with Crippen molar-refractivity contribution >= 4 is 23.4 Å². The highest BCUT2D eigenvalue weighted by molar-refractivity contribution is 6.29. The molecule has 2 aromatic rings. The van der Waals surface area contributed by atoms with Crippen LogP contribution in [-0.4, -0.2) is 27.6 Å². The van der Waals surface area contributed by atoms with Gasteiger partial charge in [0.1, 0.15) is 16.5 Å². The highest BCUT2D eigenvalue weighted by atomic mass is 35.5. The van der Waals surface area contributed by atoms with E-state index in [9.17, 15) is 4.79 Å². The number of nitrogens with zero attached hydrogens (tertiary/aromatic N) is 2. The maximum Gasteiger partial charge on any atom is 0.339 e. The molecule has 0 bridgehead atoms. The van der Waals surface area contributed by atoms with Gasteiger partial charge in [0.05, 0.1) is 0 Å². The number of pyridine rings is 2. The first-order valence-corrected chi connectivity index (χ1v) is 6.07. The first-order valence-electron chi connectivity index (χ1n) is 5.69. The Bertz CT molecular complexity index is 575. The fraction of sp³-hybridized carbons (Fsp3) is 0.154. The van der Waals surface area contributed by atoms with E-state index in [1.807, 2.05) is 12.1 Å². The van der Waals surface area contributed by atoms with E-state index in [-0.39, 0.29) is 16.5 Å². The van der Waals surface area contributed by atoms with Crippen LogP contribution in [-0.2, 0) is 6.42 Å². The summed E-state index contributed by atoms with van der Waals surface area (Å²) in [5.74, 6) is -0.746. The Morgan fingerprint density at radius 2 is 2.00 bits per heavy atom. The molecule has 2 heterocycles. The Kier molecular flexibility index (Phi) is 4.30. The lowest BCUT2D eigenvalue weighted by Crippen LogP contribution is -2.11. The van der Waals surface area contributed by atoms with Crippen LogP contribution in [0.4, 0.5) is 5.82 Å². The van der Waals surface area contributed by atoms with E-state index in [0.29, 0.717) is 6.54 Å². The van der Waals surface area contributed by atoms with Gasteiger partial charge in [-0.05, 0) is 36.2 Å². The number of carbonyl (C=O) groups is 1. The Labute approximate surface area is 115 Å². The first-order chi connectivity index (χ1) is 9.16. The highest BCUT2D eigenvalue weighted by Gasteiger charge is 2.11. The molecule has 0 fully saturated rings. The summed E-state index contributed by atoms with van der Waals surface area (Å²) in [6, 6.07) is 6.71. The van der Waals surface area contributed by atoms with E-state index in [2.05, 4.69) is 15.3 Å². The zero-order chi connectivity index (χ0) is 13.7. The van der Waals surface area contributed by atoms with Crippen molar-refractivity contribution in [2.45, 2.75) is 6.42 Å². The fourth-order valence-corrected chi connectivity index (χ4v) is 1.76. The first kappa shape index (κ1) is 13.3. The van der Waals surface area contributed by atoms with Gasteiger partial charge in [-0.3, -0.25) is 4.98 Å². The minimum absolute atomic E-state index is 0.110. The molecule has 5 nitrogen and oxygen atoms in total. The minimum atomic E-state index is -1.03. The topological polar surface area (TPSA) is 75.1 Å². The van der Waals surface area contributed by atoms with E-state index < -0.39 is 5.97 Å². The molecule has 0 radical (unpaired) electrons. The minimum Gasteiger partial charge on any atom is -0.478 e. The molecular formula is C13H12ClN3O2. The standard InChI is InChI=1S/C13H12ClN3O2/c14-11-2-1-10(13(18)19)12(17-11)16-8-5-9-3-6-15-7-4-9/h1-4,6-7H,5,8H2,(H,16,17)(H,18,19). The van der Waals surface area contributed by atoms with Gasteiger partial charge in [0.15, 0.2) is 0 Å². The van der Waals surface area contributed by atoms with Gasteiger partial charge in [-0.1, -0.05) is 11.6 Å². The van der Waals surface area contributed by atoms with Crippen LogP contribution in [0.3, 0.4) is 0 Å². The molecule has 0 aliphatic heterocycles. The number of hydrogen-bond donors (Lipinski definition) is 2. The van der Waals surface area contributed by atoms with Gasteiger partial charge in [0.2, 0.25) is 0 Å². The lowest BCUT2D eigenvalue weighted by Gasteiger charge is -2.08. The Hall–Kier alpha value is -2.14. The Morgan fingerprint density at radius 3 is 2.68 bits per heavy atom. The summed E-state index contributed by atoms with van der Waals surface area (Å²) in [7, 11) is 0. The monoisotopic (exact) mass is 277 g/mol. The van der Waals surface area contributed by atoms with Crippen molar-refractivity contribution < 1.29 is 9.90 Å². The maximum atomic E-state index is 11.0. The van der Waals surface area contributed by atoms with Crippen molar-refractivity contribution in [1.29, 1.82) is 0 Å². The van der Waals surface area contributed by atoms with Crippen molar-refractivity contribution in [2.24, 2.45) is 0 Å². The molecule has 2 aromatic heterocycles. The van der Waals surface area contributed by atoms with Crippen LogP contribution in [0.15, 0.2) is 36.7 Å². The van der Waals surface area contributed by atoms with Crippen LogP contribution in [0.25, 0.3) is 0 Å². The summed E-state index contributed by atoms with van der Waals surface area (Å²) < 4.78 is 0. The predicted octanol–water partition coefficient (Wildman–Crippen LogP) is 2.48. The highest BCUT2D eigenvalue weighted by Crippen LogP contribution is 2.16. The van der Waals surface area contributed by atoms with Crippen LogP contribution >= 0.6 is 11.6 Å². The van der Waals surface area contributed by atoms with Crippen molar-refractivity contribution in [3.8, 4) is 0 Å². The average Bonchev–Trinajstić information content (AvgIpc) is 2.39. The number of carboxylic acid groups (broad SMARTS) is 1. The third-order valence-corrected chi connectivity index (χ3v) is 2.76. The second kappa shape index (κ2) is 6.15. The molecule has 2 rings (SSSR count). The summed E-state index contributed by atoms with van der Waals surface area (Å²) in [6.45, 7) is 0.567. The quantitative estimate of drug-likeness (QED) is 0.821. The van der Waals surface area contributed by atoms with Gasteiger partial charge in [0, 0.05) is 18.9 Å². The van der Waals surface area contributed by atoms with Crippen LogP contribution in [0.2, 0.25) is 5.15 Å². The molecule has 0 aromatic carbocycles. The van der Waals surface area contributed by atoms with Crippen LogP contribution < -0.4 is 5.32 Å². The number of aromatic carboxylic acids is 1. The van der Waals surface area contributed by atoms with E-state index in [0.717, 1.165) is 12.0 Å². The van der Waals surface area contributed by atoms with Crippen LogP contribution in [0, 0.1) is 0 Å². The summed E-state index contributed by atoms with van der Waals surface area (Å²) in [6.07, 6.45) is 4.18. The molecule has 0 saturated carbocycles. The van der Waals surface area contributed by atoms with E-state index >= 15 is 0 Å². The van der Waals surface area contributed by atoms with Crippen LogP contribution in [0.5, 0.6) is 0 Å². The molecule has 98 valence electrons. The number of anilines is 1. The smallest absolute Gasteiger partial charge is 0.339 e. The zero-order valence-corrected chi connectivity index (χ0v) is 10.8. The summed E-state index contributed by atoms with van der Waals surface area (Å²) in [4.78, 5) is 19.0. The SMILES string of the molecule is O=C(O)c1ccc(Cl)nc1NCCc1ccncc1. The average molecular weight is 278 g/mol. The third-order valence-electron chi connectivity index (χ3n) is 2.55. The molecule has 6 heteroatoms. The maximum absolute atomic E-state index is 11.0. The zero-order valence-electron chi connectivity index (χ0n) is 10.0. The van der Waals surface area contributed by atoms with E-state index in [1.165, 1.54) is 12.1 Å². The van der Waals surface area contributed by atoms with Crippen molar-refractivity contribution in [3.63, 3.8) is 0 Å². The number of hydrogen-bond acceptors (Lipinski definition) is 4. The van der Waals surface area contributed by atoms with Gasteiger partial charge >= 0.3 is 5.97 Å². The second-order valence-corrected chi connectivity index (χ2v) is 4.25. The van der Waals surface area contributed by atoms with Gasteiger partial charge in [-0.25, -0.2) is 9.78 Å². The molecule has 19 heavy (non-hydrogen) atoms. The molecule has 2 N–H and O–H groups in total. The number of carboxylic acids is 1. The normalized spacial score (nSPS) is 10.2. The Morgan fingerprint density at radius 1 is 1.26 bits per heavy atom. The molecule has 0 saturated heterocycles. The van der Waals surface area contributed by atoms with Gasteiger partial charge in [-0.15, -0.1) is 0 Å². The number of aromatic nitrogens is 2. The second-order valence-electron chi connectivity index (χ2n) is 3.87.